The van der Waals surface area contributed by atoms with Crippen molar-refractivity contribution in [3.05, 3.63) is 36.6 Å². The average molecular weight is 179 g/mol. The van der Waals surface area contributed by atoms with Gasteiger partial charge in [0.05, 0.1) is 0 Å². The monoisotopic (exact) mass is 179 g/mol. The van der Waals surface area contributed by atoms with Crippen LogP contribution in [-0.4, -0.2) is 31.1 Å². The summed E-state index contributed by atoms with van der Waals surface area (Å²) in [6.45, 7) is 13.3. The van der Waals surface area contributed by atoms with Crippen molar-refractivity contribution >= 4 is 0 Å². The summed E-state index contributed by atoms with van der Waals surface area (Å²) in [5, 5.41) is 0. The zero-order valence-corrected chi connectivity index (χ0v) is 8.25. The fraction of sp³-hybridized carbons (Fsp3) is 0.455. The van der Waals surface area contributed by atoms with Gasteiger partial charge < -0.3 is 4.74 Å². The molecule has 0 spiro atoms. The maximum atomic E-state index is 5.54. The lowest BCUT2D eigenvalue weighted by Crippen LogP contribution is -2.26. The predicted octanol–water partition coefficient (Wildman–Crippen LogP) is 1.96. The normalized spacial score (nSPS) is 19.2. The Bertz CT molecular complexity index is 230. The molecule has 2 nitrogen and oxygen atoms in total. The van der Waals surface area contributed by atoms with Crippen LogP contribution in [0.1, 0.15) is 6.92 Å². The van der Waals surface area contributed by atoms with E-state index in [0.29, 0.717) is 0 Å². The second-order valence-electron chi connectivity index (χ2n) is 3.01. The van der Waals surface area contributed by atoms with Crippen LogP contribution in [0.5, 0.6) is 0 Å². The van der Waals surface area contributed by atoms with E-state index in [4.69, 9.17) is 4.74 Å². The lowest BCUT2D eigenvalue weighted by atomic mass is 10.2. The van der Waals surface area contributed by atoms with Crippen molar-refractivity contribution in [3.63, 3.8) is 0 Å². The second-order valence-corrected chi connectivity index (χ2v) is 3.01. The molecule has 0 aromatic carbocycles. The smallest absolute Gasteiger partial charge is 0.123 e. The molecule has 0 radical (unpaired) electrons. The fourth-order valence-corrected chi connectivity index (χ4v) is 1.40. The van der Waals surface area contributed by atoms with E-state index in [1.165, 1.54) is 0 Å². The lowest BCUT2D eigenvalue weighted by Gasteiger charge is -2.16. The van der Waals surface area contributed by atoms with Crippen molar-refractivity contribution in [2.45, 2.75) is 6.92 Å². The highest BCUT2D eigenvalue weighted by Crippen LogP contribution is 2.14. The van der Waals surface area contributed by atoms with Crippen LogP contribution in [0.4, 0.5) is 0 Å². The van der Waals surface area contributed by atoms with Gasteiger partial charge in [0.25, 0.3) is 0 Å². The Kier molecular flexibility index (Phi) is 3.77. The van der Waals surface area contributed by atoms with Crippen molar-refractivity contribution in [1.82, 2.24) is 4.90 Å². The highest BCUT2D eigenvalue weighted by atomic mass is 16.5. The zero-order chi connectivity index (χ0) is 9.68. The minimum atomic E-state index is 0.743. The van der Waals surface area contributed by atoms with Crippen molar-refractivity contribution < 1.29 is 4.74 Å². The summed E-state index contributed by atoms with van der Waals surface area (Å²) in [7, 11) is 0. The van der Waals surface area contributed by atoms with Crippen LogP contribution in [-0.2, 0) is 4.74 Å². The van der Waals surface area contributed by atoms with Gasteiger partial charge in [-0.25, -0.2) is 0 Å². The molecule has 1 heterocycles. The molecule has 0 aliphatic carbocycles. The van der Waals surface area contributed by atoms with E-state index in [1.54, 1.807) is 6.08 Å². The third kappa shape index (κ3) is 2.46. The van der Waals surface area contributed by atoms with Crippen molar-refractivity contribution in [3.8, 4) is 0 Å². The van der Waals surface area contributed by atoms with Crippen molar-refractivity contribution in [1.29, 1.82) is 0 Å². The van der Waals surface area contributed by atoms with Gasteiger partial charge in [0.2, 0.25) is 0 Å². The van der Waals surface area contributed by atoms with Crippen LogP contribution >= 0.6 is 0 Å². The Balaban J connectivity index is 2.80. The van der Waals surface area contributed by atoms with Gasteiger partial charge in [0.1, 0.15) is 12.4 Å². The van der Waals surface area contributed by atoms with E-state index in [1.807, 2.05) is 6.08 Å². The molecule has 0 unspecified atom stereocenters. The van der Waals surface area contributed by atoms with Crippen molar-refractivity contribution in [2.75, 3.05) is 26.2 Å². The van der Waals surface area contributed by atoms with Gasteiger partial charge in [-0.05, 0) is 12.6 Å². The molecule has 0 aromatic heterocycles. The molecular formula is C11H17NO. The van der Waals surface area contributed by atoms with Gasteiger partial charge in [0.15, 0.2) is 0 Å². The zero-order valence-electron chi connectivity index (χ0n) is 8.25. The Morgan fingerprint density at radius 2 is 2.23 bits per heavy atom. The van der Waals surface area contributed by atoms with E-state index >= 15 is 0 Å². The highest BCUT2D eigenvalue weighted by Gasteiger charge is 2.12. The molecule has 2 heteroatoms. The quantitative estimate of drug-likeness (QED) is 0.656. The number of likely N-dealkylation sites (N-methyl/N-ethyl adjacent to an activating group) is 1. The summed E-state index contributed by atoms with van der Waals surface area (Å²) in [5.74, 6) is 0.881. The second kappa shape index (κ2) is 4.87. The van der Waals surface area contributed by atoms with Gasteiger partial charge in [-0.15, -0.1) is 0 Å². The van der Waals surface area contributed by atoms with E-state index in [2.05, 4.69) is 25.0 Å². The number of ether oxygens (including phenoxy) is 1. The van der Waals surface area contributed by atoms with Crippen LogP contribution in [0.2, 0.25) is 0 Å². The van der Waals surface area contributed by atoms with Crippen LogP contribution in [0.3, 0.4) is 0 Å². The molecule has 0 bridgehead atoms. The molecule has 13 heavy (non-hydrogen) atoms. The number of hydrogen-bond donors (Lipinski definition) is 0. The lowest BCUT2D eigenvalue weighted by molar-refractivity contribution is 0.193. The summed E-state index contributed by atoms with van der Waals surface area (Å²) in [6, 6.07) is 0. The van der Waals surface area contributed by atoms with E-state index in [-0.39, 0.29) is 0 Å². The molecular weight excluding hydrogens is 162 g/mol. The molecule has 0 amide bonds. The van der Waals surface area contributed by atoms with E-state index in [0.717, 1.165) is 37.6 Å². The first-order chi connectivity index (χ1) is 6.31. The number of hydrogen-bond acceptors (Lipinski definition) is 2. The highest BCUT2D eigenvalue weighted by molar-refractivity contribution is 5.29. The maximum Gasteiger partial charge on any atom is 0.123 e. The van der Waals surface area contributed by atoms with Crippen LogP contribution in [0.15, 0.2) is 36.6 Å². The van der Waals surface area contributed by atoms with Gasteiger partial charge in [0, 0.05) is 18.7 Å². The summed E-state index contributed by atoms with van der Waals surface area (Å²) in [5.41, 5.74) is 1.13. The van der Waals surface area contributed by atoms with Crippen LogP contribution in [0.25, 0.3) is 0 Å². The number of allylic oxidation sites excluding steroid dienone is 1. The molecule has 1 rings (SSSR count). The summed E-state index contributed by atoms with van der Waals surface area (Å²) in [4.78, 5) is 2.33. The van der Waals surface area contributed by atoms with E-state index in [9.17, 15) is 0 Å². The summed E-state index contributed by atoms with van der Waals surface area (Å²) < 4.78 is 5.54. The van der Waals surface area contributed by atoms with Crippen LogP contribution in [0, 0.1) is 0 Å². The summed E-state index contributed by atoms with van der Waals surface area (Å²) in [6.07, 6.45) is 3.61. The third-order valence-corrected chi connectivity index (χ3v) is 2.25. The first-order valence-corrected chi connectivity index (χ1v) is 4.65. The molecule has 1 aliphatic heterocycles. The molecule has 0 atom stereocenters. The van der Waals surface area contributed by atoms with E-state index < -0.39 is 0 Å². The molecule has 0 fully saturated rings. The number of nitrogens with zero attached hydrogens (tertiary/aromatic N) is 1. The standard InChI is InChI=1S/C11H17NO/c1-4-10-9-12(6-3)7-8-13-11(10)5-2/h4-5H,1-2,6-9H2,3H3. The minimum absolute atomic E-state index is 0.743. The minimum Gasteiger partial charge on any atom is -0.492 e. The van der Waals surface area contributed by atoms with Crippen molar-refractivity contribution in [2.24, 2.45) is 0 Å². The Labute approximate surface area is 80.2 Å². The molecule has 1 aliphatic rings. The SMILES string of the molecule is C=CC1=C(C=C)OCCN(CC)C1. The van der Waals surface area contributed by atoms with Gasteiger partial charge >= 0.3 is 0 Å². The summed E-state index contributed by atoms with van der Waals surface area (Å²) >= 11 is 0. The first-order valence-electron chi connectivity index (χ1n) is 4.65. The van der Waals surface area contributed by atoms with Gasteiger partial charge in [-0.1, -0.05) is 26.2 Å². The number of rotatable bonds is 3. The molecule has 0 saturated heterocycles. The average Bonchev–Trinajstić information content (AvgIpc) is 2.38. The Morgan fingerprint density at radius 3 is 2.77 bits per heavy atom. The van der Waals surface area contributed by atoms with Gasteiger partial charge in [-0.2, -0.15) is 0 Å². The Morgan fingerprint density at radius 1 is 1.46 bits per heavy atom. The largest absolute Gasteiger partial charge is 0.492 e. The van der Waals surface area contributed by atoms with Gasteiger partial charge in [-0.3, -0.25) is 4.90 Å². The molecule has 72 valence electrons. The third-order valence-electron chi connectivity index (χ3n) is 2.25. The molecule has 0 saturated carbocycles. The topological polar surface area (TPSA) is 12.5 Å². The molecule has 0 aromatic rings. The first kappa shape index (κ1) is 10.1. The van der Waals surface area contributed by atoms with Crippen LogP contribution < -0.4 is 0 Å². The molecule has 0 N–H and O–H groups in total. The Hall–Kier alpha value is -1.02. The fourth-order valence-electron chi connectivity index (χ4n) is 1.40. The predicted molar refractivity (Wildman–Crippen MR) is 55.5 cm³/mol. The maximum absolute atomic E-state index is 5.54.